The van der Waals surface area contributed by atoms with Crippen molar-refractivity contribution in [1.29, 1.82) is 0 Å². The molecule has 2 heterocycles. The number of fused-ring (bicyclic) bond motifs is 1. The van der Waals surface area contributed by atoms with Gasteiger partial charge in [-0.1, -0.05) is 36.4 Å². The van der Waals surface area contributed by atoms with E-state index in [0.717, 1.165) is 24.3 Å². The molecule has 1 aliphatic heterocycles. The molecule has 3 aromatic rings. The predicted molar refractivity (Wildman–Crippen MR) is 116 cm³/mol. The smallest absolute Gasteiger partial charge is 0.221 e. The zero-order chi connectivity index (χ0) is 21.5. The monoisotopic (exact) mass is 422 g/mol. The molecule has 4 rings (SSSR count). The Labute approximate surface area is 181 Å². The second kappa shape index (κ2) is 10.2. The van der Waals surface area contributed by atoms with E-state index in [-0.39, 0.29) is 11.7 Å². The largest absolute Gasteiger partial charge is 0.484 e. The fraction of sp³-hybridized carbons (Fsp3) is 0.333. The molecule has 0 radical (unpaired) electrons. The zero-order valence-electron chi connectivity index (χ0n) is 17.4. The molecule has 0 fully saturated rings. The van der Waals surface area contributed by atoms with Crippen LogP contribution in [0.5, 0.6) is 5.75 Å². The van der Waals surface area contributed by atoms with Crippen molar-refractivity contribution < 1.29 is 13.9 Å². The van der Waals surface area contributed by atoms with Gasteiger partial charge in [-0.05, 0) is 24.6 Å². The predicted octanol–water partition coefficient (Wildman–Crippen LogP) is 3.55. The molecule has 31 heavy (non-hydrogen) atoms. The Balaban J connectivity index is 1.34. The van der Waals surface area contributed by atoms with Gasteiger partial charge >= 0.3 is 0 Å². The maximum Gasteiger partial charge on any atom is 0.221 e. The average Bonchev–Trinajstić information content (AvgIpc) is 3.22. The maximum absolute atomic E-state index is 14.4. The van der Waals surface area contributed by atoms with Crippen LogP contribution in [0.4, 0.5) is 4.39 Å². The van der Waals surface area contributed by atoms with Crippen molar-refractivity contribution in [2.45, 2.75) is 32.0 Å². The van der Waals surface area contributed by atoms with E-state index in [0.29, 0.717) is 38.2 Å². The molecule has 0 saturated carbocycles. The van der Waals surface area contributed by atoms with Crippen LogP contribution < -0.4 is 10.1 Å². The van der Waals surface area contributed by atoms with E-state index < -0.39 is 6.10 Å². The number of aromatic nitrogens is 2. The molecule has 0 aliphatic carbocycles. The van der Waals surface area contributed by atoms with E-state index in [1.807, 2.05) is 47.3 Å². The molecule has 7 heteroatoms. The molecular weight excluding hydrogens is 395 g/mol. The van der Waals surface area contributed by atoms with Crippen molar-refractivity contribution in [2.24, 2.45) is 0 Å². The fourth-order valence-electron chi connectivity index (χ4n) is 3.80. The van der Waals surface area contributed by atoms with E-state index in [2.05, 4.69) is 15.3 Å². The third kappa shape index (κ3) is 5.70. The summed E-state index contributed by atoms with van der Waals surface area (Å²) in [5.41, 5.74) is 1.58. The highest BCUT2D eigenvalue weighted by Gasteiger charge is 2.26. The van der Waals surface area contributed by atoms with E-state index in [1.54, 1.807) is 18.3 Å². The van der Waals surface area contributed by atoms with E-state index in [1.165, 1.54) is 6.07 Å². The lowest BCUT2D eigenvalue weighted by Crippen LogP contribution is -2.33. The minimum absolute atomic E-state index is 0.0151. The fourth-order valence-corrected chi connectivity index (χ4v) is 3.80. The number of hydrogen-bond acceptors (Lipinski definition) is 4. The lowest BCUT2D eigenvalue weighted by molar-refractivity contribution is -0.121. The number of aryl methyl sites for hydroxylation is 1. The molecule has 6 nitrogen and oxygen atoms in total. The van der Waals surface area contributed by atoms with Crippen LogP contribution in [0.25, 0.3) is 0 Å². The lowest BCUT2D eigenvalue weighted by Gasteiger charge is -2.24. The average molecular weight is 423 g/mol. The molecule has 1 aromatic heterocycles. The van der Waals surface area contributed by atoms with Crippen LogP contribution in [0.1, 0.15) is 30.1 Å². The summed E-state index contributed by atoms with van der Waals surface area (Å²) in [6.07, 6.45) is 4.44. The van der Waals surface area contributed by atoms with Gasteiger partial charge in [-0.15, -0.1) is 0 Å². The van der Waals surface area contributed by atoms with E-state index in [9.17, 15) is 9.18 Å². The Morgan fingerprint density at radius 1 is 1.13 bits per heavy atom. The number of rotatable bonds is 8. The van der Waals surface area contributed by atoms with Crippen molar-refractivity contribution in [3.63, 3.8) is 0 Å². The van der Waals surface area contributed by atoms with Gasteiger partial charge in [-0.25, -0.2) is 4.39 Å². The summed E-state index contributed by atoms with van der Waals surface area (Å²) < 4.78 is 22.5. The summed E-state index contributed by atoms with van der Waals surface area (Å²) in [5.74, 6) is 0.504. The number of nitrogens with one attached hydrogen (secondary N) is 1. The molecule has 162 valence electrons. The topological polar surface area (TPSA) is 59.4 Å². The number of halogens is 1. The minimum Gasteiger partial charge on any atom is -0.484 e. The third-order valence-corrected chi connectivity index (χ3v) is 5.41. The van der Waals surface area contributed by atoms with Gasteiger partial charge in [0.05, 0.1) is 0 Å². The number of ether oxygens (including phenoxy) is 1. The van der Waals surface area contributed by atoms with Gasteiger partial charge in [0.15, 0.2) is 0 Å². The Morgan fingerprint density at radius 2 is 1.97 bits per heavy atom. The molecule has 2 aromatic carbocycles. The molecular formula is C24H27FN4O2. The number of hydrogen-bond donors (Lipinski definition) is 1. The number of carbonyl (C=O) groups is 1. The summed E-state index contributed by atoms with van der Waals surface area (Å²) >= 11 is 0. The van der Waals surface area contributed by atoms with Crippen LogP contribution >= 0.6 is 0 Å². The van der Waals surface area contributed by atoms with Crippen LogP contribution in [-0.2, 0) is 17.9 Å². The summed E-state index contributed by atoms with van der Waals surface area (Å²) in [6.45, 7) is 3.14. The Bertz CT molecular complexity index is 993. The Kier molecular flexibility index (Phi) is 6.94. The van der Waals surface area contributed by atoms with Crippen LogP contribution in [0.3, 0.4) is 0 Å². The van der Waals surface area contributed by atoms with Gasteiger partial charge < -0.3 is 10.1 Å². The normalized spacial score (nSPS) is 16.2. The minimum atomic E-state index is -0.429. The first-order valence-electron chi connectivity index (χ1n) is 10.6. The van der Waals surface area contributed by atoms with Crippen LogP contribution in [-0.4, -0.2) is 40.2 Å². The second-order valence-electron chi connectivity index (χ2n) is 7.69. The van der Waals surface area contributed by atoms with Gasteiger partial charge in [0.1, 0.15) is 17.7 Å². The number of amides is 1. The van der Waals surface area contributed by atoms with Gasteiger partial charge in [-0.2, -0.15) is 5.10 Å². The van der Waals surface area contributed by atoms with Crippen molar-refractivity contribution in [1.82, 2.24) is 20.0 Å². The van der Waals surface area contributed by atoms with Crippen molar-refractivity contribution in [3.8, 4) is 5.75 Å². The Morgan fingerprint density at radius 3 is 2.81 bits per heavy atom. The summed E-state index contributed by atoms with van der Waals surface area (Å²) in [5, 5.41) is 7.13. The van der Waals surface area contributed by atoms with Crippen molar-refractivity contribution in [2.75, 3.05) is 19.6 Å². The van der Waals surface area contributed by atoms with Crippen LogP contribution in [0.2, 0.25) is 0 Å². The number of nitrogens with zero attached hydrogens (tertiary/aromatic N) is 3. The quantitative estimate of drug-likeness (QED) is 0.564. The van der Waals surface area contributed by atoms with Crippen LogP contribution in [0.15, 0.2) is 67.0 Å². The standard InChI is InChI=1S/C24H27FN4O2/c25-21-9-3-2-8-20(21)23-18-28(17-19-7-1-4-10-22(19)31-23)16-11-24(30)26-12-5-14-29-15-6-13-27-29/h1-4,6-10,13,15,23H,5,11-12,14,16-18H2,(H,26,30)/t23-/m0/s1. The molecule has 1 N–H and O–H groups in total. The molecule has 0 spiro atoms. The van der Waals surface area contributed by atoms with Crippen molar-refractivity contribution in [3.05, 3.63) is 83.9 Å². The molecule has 1 atom stereocenters. The first-order chi connectivity index (χ1) is 15.2. The van der Waals surface area contributed by atoms with E-state index in [4.69, 9.17) is 4.74 Å². The summed E-state index contributed by atoms with van der Waals surface area (Å²) in [6, 6.07) is 16.4. The highest BCUT2D eigenvalue weighted by Crippen LogP contribution is 2.32. The van der Waals surface area contributed by atoms with Gasteiger partial charge in [0.25, 0.3) is 0 Å². The summed E-state index contributed by atoms with van der Waals surface area (Å²) in [7, 11) is 0. The first-order valence-corrected chi connectivity index (χ1v) is 10.6. The number of benzene rings is 2. The van der Waals surface area contributed by atoms with Crippen molar-refractivity contribution >= 4 is 5.91 Å². The summed E-state index contributed by atoms with van der Waals surface area (Å²) in [4.78, 5) is 14.5. The highest BCUT2D eigenvalue weighted by molar-refractivity contribution is 5.76. The van der Waals surface area contributed by atoms with Crippen LogP contribution in [0, 0.1) is 5.82 Å². The zero-order valence-corrected chi connectivity index (χ0v) is 17.4. The van der Waals surface area contributed by atoms with Gasteiger partial charge in [0.2, 0.25) is 5.91 Å². The first kappa shape index (κ1) is 21.1. The number of para-hydroxylation sites is 1. The number of carbonyl (C=O) groups excluding carboxylic acids is 1. The van der Waals surface area contributed by atoms with E-state index >= 15 is 0 Å². The molecule has 0 unspecified atom stereocenters. The Hall–Kier alpha value is -3.19. The molecule has 0 saturated heterocycles. The molecule has 1 aliphatic rings. The SMILES string of the molecule is O=C(CCN1Cc2ccccc2O[C@H](c2ccccc2F)C1)NCCCn1cccn1. The highest BCUT2D eigenvalue weighted by atomic mass is 19.1. The molecule has 0 bridgehead atoms. The van der Waals surface area contributed by atoms with Gasteiger partial charge in [0, 0.05) is 62.7 Å². The third-order valence-electron chi connectivity index (χ3n) is 5.41. The van der Waals surface area contributed by atoms with Gasteiger partial charge in [-0.3, -0.25) is 14.4 Å². The maximum atomic E-state index is 14.4. The second-order valence-corrected chi connectivity index (χ2v) is 7.69. The molecule has 1 amide bonds. The lowest BCUT2D eigenvalue weighted by atomic mass is 10.1.